The van der Waals surface area contributed by atoms with Crippen molar-refractivity contribution in [1.82, 2.24) is 0 Å². The number of fused-ring (bicyclic) bond motifs is 1. The normalized spacial score (nSPS) is 10.4. The lowest BCUT2D eigenvalue weighted by atomic mass is 10.0. The summed E-state index contributed by atoms with van der Waals surface area (Å²) in [6.07, 6.45) is 6.02. The quantitative estimate of drug-likeness (QED) is 0.335. The molecule has 0 amide bonds. The van der Waals surface area contributed by atoms with Crippen molar-refractivity contribution in [3.05, 3.63) is 77.4 Å². The Kier molecular flexibility index (Phi) is 6.94. The Labute approximate surface area is 163 Å². The first-order chi connectivity index (χ1) is 13.3. The zero-order valence-corrected chi connectivity index (χ0v) is 16.4. The van der Waals surface area contributed by atoms with Crippen molar-refractivity contribution in [2.45, 2.75) is 46.0 Å². The molecule has 0 aliphatic carbocycles. The minimum atomic E-state index is 0.756. The van der Waals surface area contributed by atoms with Crippen LogP contribution in [0.25, 0.3) is 10.8 Å². The van der Waals surface area contributed by atoms with Crippen LogP contribution in [0.3, 0.4) is 0 Å². The number of unbranched alkanes of at least 4 members (excludes halogenated alkanes) is 2. The van der Waals surface area contributed by atoms with Gasteiger partial charge >= 0.3 is 0 Å². The lowest BCUT2D eigenvalue weighted by Gasteiger charge is -2.06. The Morgan fingerprint density at radius 3 is 2.19 bits per heavy atom. The number of aryl methyl sites for hydroxylation is 1. The second-order valence-corrected chi connectivity index (χ2v) is 6.98. The molecule has 1 nitrogen and oxygen atoms in total. The van der Waals surface area contributed by atoms with Crippen molar-refractivity contribution < 1.29 is 4.74 Å². The predicted molar refractivity (Wildman–Crippen MR) is 115 cm³/mol. The van der Waals surface area contributed by atoms with Crippen molar-refractivity contribution in [2.24, 2.45) is 0 Å². The first kappa shape index (κ1) is 19.1. The highest BCUT2D eigenvalue weighted by Gasteiger charge is 1.99. The number of hydrogen-bond acceptors (Lipinski definition) is 1. The van der Waals surface area contributed by atoms with Gasteiger partial charge in [0, 0.05) is 11.1 Å². The van der Waals surface area contributed by atoms with Crippen molar-refractivity contribution in [2.75, 3.05) is 6.61 Å². The summed E-state index contributed by atoms with van der Waals surface area (Å²) in [5.41, 5.74) is 3.51. The van der Waals surface area contributed by atoms with Gasteiger partial charge in [0.05, 0.1) is 6.61 Å². The highest BCUT2D eigenvalue weighted by Crippen LogP contribution is 2.22. The Bertz CT molecular complexity index is 926. The molecule has 0 aliphatic heterocycles. The summed E-state index contributed by atoms with van der Waals surface area (Å²) >= 11 is 0. The van der Waals surface area contributed by atoms with E-state index in [1.54, 1.807) is 0 Å². The fraction of sp³-hybridized carbons (Fsp3) is 0.308. The van der Waals surface area contributed by atoms with E-state index >= 15 is 0 Å². The topological polar surface area (TPSA) is 9.23 Å². The Morgan fingerprint density at radius 2 is 1.41 bits per heavy atom. The summed E-state index contributed by atoms with van der Waals surface area (Å²) in [4.78, 5) is 0. The molecule has 0 aromatic heterocycles. The molecule has 3 aromatic carbocycles. The maximum absolute atomic E-state index is 5.71. The van der Waals surface area contributed by atoms with Crippen LogP contribution in [-0.2, 0) is 6.42 Å². The molecule has 138 valence electrons. The van der Waals surface area contributed by atoms with Crippen molar-refractivity contribution in [3.8, 4) is 17.6 Å². The van der Waals surface area contributed by atoms with Gasteiger partial charge in [-0.25, -0.2) is 0 Å². The molecule has 0 atom stereocenters. The minimum Gasteiger partial charge on any atom is -0.494 e. The monoisotopic (exact) mass is 356 g/mol. The molecule has 0 aliphatic rings. The van der Waals surface area contributed by atoms with Gasteiger partial charge in [-0.05, 0) is 72.0 Å². The van der Waals surface area contributed by atoms with Crippen LogP contribution >= 0.6 is 0 Å². The summed E-state index contributed by atoms with van der Waals surface area (Å²) in [6, 6.07) is 21.3. The Morgan fingerprint density at radius 1 is 0.704 bits per heavy atom. The van der Waals surface area contributed by atoms with Crippen LogP contribution in [0.4, 0.5) is 0 Å². The smallest absolute Gasteiger partial charge is 0.119 e. The van der Waals surface area contributed by atoms with Crippen LogP contribution in [0.15, 0.2) is 60.7 Å². The van der Waals surface area contributed by atoms with E-state index in [1.807, 2.05) is 6.07 Å². The van der Waals surface area contributed by atoms with Gasteiger partial charge in [-0.1, -0.05) is 62.8 Å². The molecular weight excluding hydrogens is 328 g/mol. The van der Waals surface area contributed by atoms with E-state index in [1.165, 1.54) is 35.6 Å². The van der Waals surface area contributed by atoms with Gasteiger partial charge in [0.2, 0.25) is 0 Å². The average molecular weight is 357 g/mol. The van der Waals surface area contributed by atoms with Gasteiger partial charge in [-0.15, -0.1) is 0 Å². The van der Waals surface area contributed by atoms with Crippen LogP contribution < -0.4 is 4.74 Å². The third kappa shape index (κ3) is 5.63. The third-order valence-electron chi connectivity index (χ3n) is 4.66. The zero-order valence-electron chi connectivity index (χ0n) is 16.4. The molecule has 1 heteroatoms. The third-order valence-corrected chi connectivity index (χ3v) is 4.66. The van der Waals surface area contributed by atoms with Gasteiger partial charge in [0.25, 0.3) is 0 Å². The number of benzene rings is 3. The Balaban J connectivity index is 1.69. The predicted octanol–water partition coefficient (Wildman–Crippen LogP) is 6.76. The molecular formula is C26H28O. The van der Waals surface area contributed by atoms with Crippen LogP contribution in [0.1, 0.15) is 56.2 Å². The lowest BCUT2D eigenvalue weighted by Crippen LogP contribution is -1.94. The van der Waals surface area contributed by atoms with E-state index in [2.05, 4.69) is 80.3 Å². The fourth-order valence-corrected chi connectivity index (χ4v) is 3.09. The average Bonchev–Trinajstić information content (AvgIpc) is 2.71. The van der Waals surface area contributed by atoms with E-state index in [4.69, 9.17) is 4.74 Å². The van der Waals surface area contributed by atoms with E-state index in [-0.39, 0.29) is 0 Å². The maximum atomic E-state index is 5.71. The summed E-state index contributed by atoms with van der Waals surface area (Å²) < 4.78 is 5.71. The van der Waals surface area contributed by atoms with Gasteiger partial charge in [0.15, 0.2) is 0 Å². The highest BCUT2D eigenvalue weighted by molar-refractivity contribution is 5.85. The lowest BCUT2D eigenvalue weighted by molar-refractivity contribution is 0.318. The molecule has 0 radical (unpaired) electrons. The molecule has 0 bridgehead atoms. The zero-order chi connectivity index (χ0) is 18.9. The SMILES string of the molecule is CCCCCc1ccc(C#Cc2ccc3cc(OCCC)ccc3c2)cc1. The molecule has 0 unspecified atom stereocenters. The van der Waals surface area contributed by atoms with Crippen molar-refractivity contribution in [3.63, 3.8) is 0 Å². The molecule has 3 aromatic rings. The van der Waals surface area contributed by atoms with E-state index in [9.17, 15) is 0 Å². The van der Waals surface area contributed by atoms with E-state index in [0.717, 1.165) is 36.3 Å². The van der Waals surface area contributed by atoms with Crippen LogP contribution in [0.2, 0.25) is 0 Å². The fourth-order valence-electron chi connectivity index (χ4n) is 3.09. The second kappa shape index (κ2) is 9.83. The van der Waals surface area contributed by atoms with Crippen LogP contribution in [-0.4, -0.2) is 6.61 Å². The summed E-state index contributed by atoms with van der Waals surface area (Å²) in [5, 5.41) is 2.38. The van der Waals surface area contributed by atoms with Crippen molar-refractivity contribution in [1.29, 1.82) is 0 Å². The first-order valence-corrected chi connectivity index (χ1v) is 10.1. The molecule has 0 fully saturated rings. The van der Waals surface area contributed by atoms with Gasteiger partial charge < -0.3 is 4.74 Å². The standard InChI is InChI=1S/C26H28O/c1-3-5-6-7-21-8-10-22(11-9-21)12-13-23-14-15-25-20-26(27-18-4-2)17-16-24(25)19-23/h8-11,14-17,19-20H,3-7,18H2,1-2H3. The van der Waals surface area contributed by atoms with Gasteiger partial charge in [-0.3, -0.25) is 0 Å². The number of hydrogen-bond donors (Lipinski definition) is 0. The summed E-state index contributed by atoms with van der Waals surface area (Å²) in [5.74, 6) is 7.51. The molecule has 0 heterocycles. The van der Waals surface area contributed by atoms with E-state index in [0.29, 0.717) is 0 Å². The number of ether oxygens (including phenoxy) is 1. The summed E-state index contributed by atoms with van der Waals surface area (Å²) in [7, 11) is 0. The van der Waals surface area contributed by atoms with E-state index < -0.39 is 0 Å². The van der Waals surface area contributed by atoms with Gasteiger partial charge in [0.1, 0.15) is 5.75 Å². The molecule has 0 spiro atoms. The minimum absolute atomic E-state index is 0.756. The first-order valence-electron chi connectivity index (χ1n) is 10.1. The Hall–Kier alpha value is -2.72. The highest BCUT2D eigenvalue weighted by atomic mass is 16.5. The summed E-state index contributed by atoms with van der Waals surface area (Å²) in [6.45, 7) is 5.11. The molecule has 0 N–H and O–H groups in total. The largest absolute Gasteiger partial charge is 0.494 e. The molecule has 0 saturated heterocycles. The molecule has 27 heavy (non-hydrogen) atoms. The second-order valence-electron chi connectivity index (χ2n) is 6.98. The molecule has 0 saturated carbocycles. The van der Waals surface area contributed by atoms with Crippen LogP contribution in [0.5, 0.6) is 5.75 Å². The maximum Gasteiger partial charge on any atom is 0.119 e. The van der Waals surface area contributed by atoms with Gasteiger partial charge in [-0.2, -0.15) is 0 Å². The van der Waals surface area contributed by atoms with Crippen molar-refractivity contribution >= 4 is 10.8 Å². The number of rotatable bonds is 7. The molecule has 3 rings (SSSR count). The van der Waals surface area contributed by atoms with Crippen LogP contribution in [0, 0.1) is 11.8 Å².